The molecule has 0 aromatic heterocycles. The number of nitrogens with one attached hydrogen (secondary N) is 1. The maximum absolute atomic E-state index is 12.8. The van der Waals surface area contributed by atoms with Gasteiger partial charge < -0.3 is 15.2 Å². The van der Waals surface area contributed by atoms with Gasteiger partial charge in [-0.15, -0.1) is 0 Å². The Morgan fingerprint density at radius 3 is 2.56 bits per heavy atom. The van der Waals surface area contributed by atoms with Crippen LogP contribution in [0.15, 0.2) is 18.2 Å². The number of halogens is 2. The molecule has 1 aromatic carbocycles. The highest BCUT2D eigenvalue weighted by Gasteiger charge is 2.06. The summed E-state index contributed by atoms with van der Waals surface area (Å²) in [5.41, 5.74) is 0.389. The lowest BCUT2D eigenvalue weighted by Crippen LogP contribution is -2.28. The van der Waals surface area contributed by atoms with Gasteiger partial charge in [-0.1, -0.05) is 6.07 Å². The summed E-state index contributed by atoms with van der Waals surface area (Å²) in [4.78, 5) is 21.2. The minimum Gasteiger partial charge on any atom is -0.480 e. The van der Waals surface area contributed by atoms with E-state index in [1.807, 2.05) is 0 Å². The standard InChI is InChI=1S/C11H11F2NO4/c12-8-2-1-7(3-9(8)13)4-14-10(15)5-18-6-11(16)17/h1-3H,4-6H2,(H,14,15)(H,16,17). The molecule has 0 bridgehead atoms. The van der Waals surface area contributed by atoms with Gasteiger partial charge in [-0.3, -0.25) is 4.79 Å². The predicted octanol–water partition coefficient (Wildman–Crippen LogP) is 0.682. The van der Waals surface area contributed by atoms with E-state index in [2.05, 4.69) is 10.1 Å². The Bertz CT molecular complexity index is 451. The summed E-state index contributed by atoms with van der Waals surface area (Å²) in [6.07, 6.45) is 0. The lowest BCUT2D eigenvalue weighted by molar-refractivity contribution is -0.143. The van der Waals surface area contributed by atoms with Crippen LogP contribution in [0.5, 0.6) is 0 Å². The van der Waals surface area contributed by atoms with E-state index < -0.39 is 36.7 Å². The minimum atomic E-state index is -1.18. The monoisotopic (exact) mass is 259 g/mol. The number of amides is 1. The first-order valence-corrected chi connectivity index (χ1v) is 4.99. The van der Waals surface area contributed by atoms with Crippen molar-refractivity contribution >= 4 is 11.9 Å². The zero-order chi connectivity index (χ0) is 13.5. The highest BCUT2D eigenvalue weighted by atomic mass is 19.2. The van der Waals surface area contributed by atoms with Crippen LogP contribution in [0.4, 0.5) is 8.78 Å². The van der Waals surface area contributed by atoms with Gasteiger partial charge >= 0.3 is 5.97 Å². The molecule has 0 saturated carbocycles. The van der Waals surface area contributed by atoms with Crippen molar-refractivity contribution in [3.05, 3.63) is 35.4 Å². The molecule has 0 aliphatic rings. The molecule has 1 rings (SSSR count). The largest absolute Gasteiger partial charge is 0.480 e. The van der Waals surface area contributed by atoms with Crippen LogP contribution in [0.2, 0.25) is 0 Å². The summed E-state index contributed by atoms with van der Waals surface area (Å²) < 4.78 is 30.0. The lowest BCUT2D eigenvalue weighted by atomic mass is 10.2. The molecule has 1 amide bonds. The predicted molar refractivity (Wildman–Crippen MR) is 56.7 cm³/mol. The fourth-order valence-corrected chi connectivity index (χ4v) is 1.13. The van der Waals surface area contributed by atoms with E-state index in [0.717, 1.165) is 12.1 Å². The first-order valence-electron chi connectivity index (χ1n) is 4.99. The van der Waals surface area contributed by atoms with Crippen molar-refractivity contribution in [1.82, 2.24) is 5.32 Å². The maximum atomic E-state index is 12.8. The van der Waals surface area contributed by atoms with Crippen molar-refractivity contribution in [2.75, 3.05) is 13.2 Å². The molecule has 0 aliphatic carbocycles. The number of carboxylic acid groups (broad SMARTS) is 1. The molecule has 0 heterocycles. The van der Waals surface area contributed by atoms with E-state index in [4.69, 9.17) is 5.11 Å². The second-order valence-corrected chi connectivity index (χ2v) is 3.41. The molecule has 0 unspecified atom stereocenters. The molecular weight excluding hydrogens is 248 g/mol. The number of benzene rings is 1. The van der Waals surface area contributed by atoms with Crippen molar-refractivity contribution in [1.29, 1.82) is 0 Å². The Kier molecular flexibility index (Phi) is 5.19. The molecule has 7 heteroatoms. The van der Waals surface area contributed by atoms with Crippen LogP contribution in [0.25, 0.3) is 0 Å². The molecule has 98 valence electrons. The normalized spacial score (nSPS) is 10.1. The van der Waals surface area contributed by atoms with Crippen LogP contribution in [0.1, 0.15) is 5.56 Å². The van der Waals surface area contributed by atoms with Crippen molar-refractivity contribution in [2.45, 2.75) is 6.54 Å². The van der Waals surface area contributed by atoms with Gasteiger partial charge in [0.15, 0.2) is 11.6 Å². The van der Waals surface area contributed by atoms with Crippen LogP contribution < -0.4 is 5.32 Å². The van der Waals surface area contributed by atoms with Gasteiger partial charge in [-0.2, -0.15) is 0 Å². The van der Waals surface area contributed by atoms with Crippen LogP contribution in [0.3, 0.4) is 0 Å². The number of ether oxygens (including phenoxy) is 1. The molecule has 0 spiro atoms. The topological polar surface area (TPSA) is 75.6 Å². The van der Waals surface area contributed by atoms with Gasteiger partial charge in [-0.25, -0.2) is 13.6 Å². The Labute approximate surface area is 101 Å². The Hall–Kier alpha value is -2.02. The van der Waals surface area contributed by atoms with E-state index in [9.17, 15) is 18.4 Å². The smallest absolute Gasteiger partial charge is 0.329 e. The van der Waals surface area contributed by atoms with Gasteiger partial charge in [0.05, 0.1) is 0 Å². The number of carbonyl (C=O) groups excluding carboxylic acids is 1. The zero-order valence-electron chi connectivity index (χ0n) is 9.28. The SMILES string of the molecule is O=C(O)COCC(=O)NCc1ccc(F)c(F)c1. The van der Waals surface area contributed by atoms with Crippen LogP contribution in [0, 0.1) is 11.6 Å². The number of rotatable bonds is 6. The average molecular weight is 259 g/mol. The van der Waals surface area contributed by atoms with E-state index >= 15 is 0 Å². The zero-order valence-corrected chi connectivity index (χ0v) is 9.28. The number of hydrogen-bond acceptors (Lipinski definition) is 3. The molecule has 5 nitrogen and oxygen atoms in total. The summed E-state index contributed by atoms with van der Waals surface area (Å²) in [5, 5.41) is 10.6. The van der Waals surface area contributed by atoms with Crippen molar-refractivity contribution in [3.8, 4) is 0 Å². The van der Waals surface area contributed by atoms with Crippen molar-refractivity contribution < 1.29 is 28.2 Å². The fraction of sp³-hybridized carbons (Fsp3) is 0.273. The van der Waals surface area contributed by atoms with E-state index in [0.29, 0.717) is 5.56 Å². The number of aliphatic carboxylic acids is 1. The first-order chi connectivity index (χ1) is 8.49. The van der Waals surface area contributed by atoms with Crippen LogP contribution >= 0.6 is 0 Å². The molecule has 1 aromatic rings. The summed E-state index contributed by atoms with van der Waals surface area (Å²) in [6, 6.07) is 3.25. The molecule has 0 atom stereocenters. The third-order valence-electron chi connectivity index (χ3n) is 1.93. The molecule has 2 N–H and O–H groups in total. The van der Waals surface area contributed by atoms with Crippen LogP contribution in [-0.4, -0.2) is 30.2 Å². The molecular formula is C11H11F2NO4. The summed E-state index contributed by atoms with van der Waals surface area (Å²) >= 11 is 0. The number of carboxylic acids is 1. The molecule has 0 aliphatic heterocycles. The third kappa shape index (κ3) is 4.88. The van der Waals surface area contributed by atoms with Crippen molar-refractivity contribution in [2.24, 2.45) is 0 Å². The van der Waals surface area contributed by atoms with Gasteiger partial charge in [0.1, 0.15) is 13.2 Å². The summed E-state index contributed by atoms with van der Waals surface area (Å²) in [7, 11) is 0. The van der Waals surface area contributed by atoms with Crippen LogP contribution in [-0.2, 0) is 20.9 Å². The maximum Gasteiger partial charge on any atom is 0.329 e. The molecule has 0 radical (unpaired) electrons. The van der Waals surface area contributed by atoms with E-state index in [-0.39, 0.29) is 6.54 Å². The van der Waals surface area contributed by atoms with Gasteiger partial charge in [0.2, 0.25) is 5.91 Å². The summed E-state index contributed by atoms with van der Waals surface area (Å²) in [6.45, 7) is -0.971. The Morgan fingerprint density at radius 1 is 1.22 bits per heavy atom. The number of carbonyl (C=O) groups is 2. The fourth-order valence-electron chi connectivity index (χ4n) is 1.13. The third-order valence-corrected chi connectivity index (χ3v) is 1.93. The minimum absolute atomic E-state index is 0.00641. The first kappa shape index (κ1) is 14.0. The highest BCUT2D eigenvalue weighted by Crippen LogP contribution is 2.08. The van der Waals surface area contributed by atoms with Gasteiger partial charge in [0.25, 0.3) is 0 Å². The molecule has 0 saturated heterocycles. The Balaban J connectivity index is 2.33. The second kappa shape index (κ2) is 6.65. The van der Waals surface area contributed by atoms with Gasteiger partial charge in [-0.05, 0) is 17.7 Å². The molecule has 0 fully saturated rings. The second-order valence-electron chi connectivity index (χ2n) is 3.41. The van der Waals surface area contributed by atoms with Gasteiger partial charge in [0, 0.05) is 6.54 Å². The number of hydrogen-bond donors (Lipinski definition) is 2. The summed E-state index contributed by atoms with van der Waals surface area (Å²) in [5.74, 6) is -3.68. The highest BCUT2D eigenvalue weighted by molar-refractivity contribution is 5.77. The van der Waals surface area contributed by atoms with E-state index in [1.54, 1.807) is 0 Å². The quantitative estimate of drug-likeness (QED) is 0.787. The molecule has 18 heavy (non-hydrogen) atoms. The Morgan fingerprint density at radius 2 is 1.94 bits per heavy atom. The lowest BCUT2D eigenvalue weighted by Gasteiger charge is -2.05. The van der Waals surface area contributed by atoms with E-state index in [1.165, 1.54) is 6.07 Å². The average Bonchev–Trinajstić information content (AvgIpc) is 2.30. The van der Waals surface area contributed by atoms with Crippen molar-refractivity contribution in [3.63, 3.8) is 0 Å².